The molecule has 436 valence electrons. The van der Waals surface area contributed by atoms with Crippen molar-refractivity contribution in [2.45, 2.75) is 181 Å². The number of nitrogens with two attached hydrogens (primary N) is 3. The third-order valence-corrected chi connectivity index (χ3v) is 12.1. The van der Waals surface area contributed by atoms with Crippen molar-refractivity contribution in [2.24, 2.45) is 46.8 Å². The van der Waals surface area contributed by atoms with Gasteiger partial charge in [-0.25, -0.2) is 4.79 Å². The number of primary amides is 2. The summed E-state index contributed by atoms with van der Waals surface area (Å²) in [6, 6.07) is -13.6. The van der Waals surface area contributed by atoms with Gasteiger partial charge in [0.1, 0.15) is 48.3 Å². The van der Waals surface area contributed by atoms with E-state index in [0.717, 1.165) is 0 Å². The van der Waals surface area contributed by atoms with E-state index in [4.69, 9.17) is 22.3 Å². The lowest BCUT2D eigenvalue weighted by Crippen LogP contribution is -2.62. The first kappa shape index (κ1) is 69.5. The first-order chi connectivity index (χ1) is 35.6. The van der Waals surface area contributed by atoms with Crippen LogP contribution in [-0.4, -0.2) is 159 Å². The van der Waals surface area contributed by atoms with E-state index in [9.17, 15) is 77.3 Å². The minimum absolute atomic E-state index is 0.0163. The SMILES string of the molecule is CC[C@H](C)[C@H](NC(=O)[C@H](CC(N)=O)NC(=O)[C@H](CC(=O)O)NC(=O)[C@H](CC(C)C)NC(=O)[C@@H](N)C(C)C)C(=O)N[C@H](C(=O)N[C@@H](CC(C)C)C(=O)NCC(=O)N[C@@H](CC(N)=O)C(=O)N[C@@H](CCC(=O)O)C(=O)O)[C@@H](C)CC. The van der Waals surface area contributed by atoms with Gasteiger partial charge in [0.05, 0.1) is 31.8 Å². The summed E-state index contributed by atoms with van der Waals surface area (Å²) in [6.45, 7) is 16.0. The number of carboxylic acids is 3. The van der Waals surface area contributed by atoms with Crippen LogP contribution in [0.3, 0.4) is 0 Å². The van der Waals surface area contributed by atoms with Crippen molar-refractivity contribution in [3.63, 3.8) is 0 Å². The van der Waals surface area contributed by atoms with Crippen LogP contribution in [0.2, 0.25) is 0 Å². The summed E-state index contributed by atoms with van der Waals surface area (Å²) >= 11 is 0. The number of amides is 11. The number of aliphatic carboxylic acids is 3. The van der Waals surface area contributed by atoms with E-state index in [1.54, 1.807) is 69.2 Å². The van der Waals surface area contributed by atoms with Gasteiger partial charge in [-0.3, -0.25) is 62.3 Å². The summed E-state index contributed by atoms with van der Waals surface area (Å²) in [7, 11) is 0. The Balaban J connectivity index is 6.54. The largest absolute Gasteiger partial charge is 0.481 e. The molecule has 18 N–H and O–H groups in total. The van der Waals surface area contributed by atoms with Crippen molar-refractivity contribution < 1.29 is 82.4 Å². The van der Waals surface area contributed by atoms with E-state index in [0.29, 0.717) is 0 Å². The van der Waals surface area contributed by atoms with Crippen LogP contribution in [0.5, 0.6) is 0 Å². The van der Waals surface area contributed by atoms with E-state index >= 15 is 0 Å². The Morgan fingerprint density at radius 1 is 0.429 bits per heavy atom. The average Bonchev–Trinajstić information content (AvgIpc) is 3.32. The van der Waals surface area contributed by atoms with Crippen LogP contribution in [0.4, 0.5) is 0 Å². The molecular weight excluding hydrogens is 1020 g/mol. The zero-order valence-electron chi connectivity index (χ0n) is 45.4. The molecule has 0 saturated heterocycles. The second-order valence-corrected chi connectivity index (χ2v) is 20.1. The van der Waals surface area contributed by atoms with Crippen molar-refractivity contribution in [3.8, 4) is 0 Å². The highest BCUT2D eigenvalue weighted by atomic mass is 16.4. The van der Waals surface area contributed by atoms with Gasteiger partial charge in [0.25, 0.3) is 0 Å². The Morgan fingerprint density at radius 3 is 1.19 bits per heavy atom. The number of hydrogen-bond donors (Lipinski definition) is 15. The molecule has 0 aromatic carbocycles. The molecule has 77 heavy (non-hydrogen) atoms. The predicted molar refractivity (Wildman–Crippen MR) is 273 cm³/mol. The molecule has 0 aliphatic heterocycles. The maximum absolute atomic E-state index is 14.2. The van der Waals surface area contributed by atoms with Crippen LogP contribution in [0.25, 0.3) is 0 Å². The molecule has 29 heteroatoms. The lowest BCUT2D eigenvalue weighted by Gasteiger charge is -2.31. The number of carbonyl (C=O) groups is 14. The summed E-state index contributed by atoms with van der Waals surface area (Å²) in [6.07, 6.45) is -3.31. The molecular formula is C48H82N12O17. The fraction of sp³-hybridized carbons (Fsp3) is 0.708. The van der Waals surface area contributed by atoms with Crippen molar-refractivity contribution in [3.05, 3.63) is 0 Å². The van der Waals surface area contributed by atoms with Gasteiger partial charge in [0.2, 0.25) is 65.0 Å². The maximum Gasteiger partial charge on any atom is 0.326 e. The lowest BCUT2D eigenvalue weighted by atomic mass is 9.94. The summed E-state index contributed by atoms with van der Waals surface area (Å²) in [5.74, 6) is -17.7. The van der Waals surface area contributed by atoms with Crippen LogP contribution in [0.15, 0.2) is 0 Å². The Kier molecular flexibility index (Phi) is 30.9. The summed E-state index contributed by atoms with van der Waals surface area (Å²) in [4.78, 5) is 180. The van der Waals surface area contributed by atoms with E-state index in [-0.39, 0.29) is 43.4 Å². The van der Waals surface area contributed by atoms with Crippen LogP contribution in [-0.2, 0) is 67.1 Å². The summed E-state index contributed by atoms with van der Waals surface area (Å²) < 4.78 is 0. The maximum atomic E-state index is 14.2. The fourth-order valence-electron chi connectivity index (χ4n) is 7.22. The number of rotatable bonds is 37. The minimum atomic E-state index is -1.87. The highest BCUT2D eigenvalue weighted by Crippen LogP contribution is 2.15. The van der Waals surface area contributed by atoms with E-state index in [1.165, 1.54) is 0 Å². The van der Waals surface area contributed by atoms with Gasteiger partial charge in [-0.2, -0.15) is 0 Å². The van der Waals surface area contributed by atoms with Gasteiger partial charge in [-0.15, -0.1) is 0 Å². The number of carboxylic acid groups (broad SMARTS) is 3. The Bertz CT molecular complexity index is 2120. The van der Waals surface area contributed by atoms with Crippen LogP contribution < -0.4 is 65.1 Å². The molecule has 0 unspecified atom stereocenters. The fourth-order valence-corrected chi connectivity index (χ4v) is 7.22. The third kappa shape index (κ3) is 26.7. The van der Waals surface area contributed by atoms with Gasteiger partial charge < -0.3 is 80.4 Å². The zero-order valence-corrected chi connectivity index (χ0v) is 45.4. The van der Waals surface area contributed by atoms with Crippen LogP contribution in [0.1, 0.15) is 127 Å². The summed E-state index contributed by atoms with van der Waals surface area (Å²) in [5, 5.41) is 49.3. The van der Waals surface area contributed by atoms with Crippen molar-refractivity contribution in [2.75, 3.05) is 6.54 Å². The first-order valence-corrected chi connectivity index (χ1v) is 25.3. The summed E-state index contributed by atoms with van der Waals surface area (Å²) in [5.41, 5.74) is 16.6. The second kappa shape index (κ2) is 34.3. The predicted octanol–water partition coefficient (Wildman–Crippen LogP) is -3.68. The molecule has 0 aromatic rings. The van der Waals surface area contributed by atoms with Gasteiger partial charge in [0, 0.05) is 6.42 Å². The molecule has 11 atom stereocenters. The topological polar surface area (TPSA) is 486 Å². The highest BCUT2D eigenvalue weighted by molar-refractivity contribution is 6.00. The quantitative estimate of drug-likeness (QED) is 0.0285. The lowest BCUT2D eigenvalue weighted by molar-refractivity contribution is -0.143. The second-order valence-electron chi connectivity index (χ2n) is 20.1. The number of nitrogens with one attached hydrogen (secondary N) is 9. The molecule has 0 aliphatic carbocycles. The van der Waals surface area contributed by atoms with E-state index in [2.05, 4.69) is 42.5 Å². The third-order valence-electron chi connectivity index (χ3n) is 12.1. The van der Waals surface area contributed by atoms with Gasteiger partial charge in [-0.05, 0) is 48.9 Å². The number of carbonyl (C=O) groups excluding carboxylic acids is 11. The molecule has 11 amide bonds. The van der Waals surface area contributed by atoms with Gasteiger partial charge in [-0.1, -0.05) is 82.1 Å². The Labute approximate surface area is 447 Å². The van der Waals surface area contributed by atoms with Crippen LogP contribution in [0, 0.1) is 29.6 Å². The van der Waals surface area contributed by atoms with Crippen molar-refractivity contribution in [1.82, 2.24) is 47.9 Å². The average molecular weight is 1100 g/mol. The molecule has 29 nitrogen and oxygen atoms in total. The van der Waals surface area contributed by atoms with Crippen molar-refractivity contribution >= 4 is 82.9 Å². The van der Waals surface area contributed by atoms with Crippen LogP contribution >= 0.6 is 0 Å². The number of hydrogen-bond acceptors (Lipinski definition) is 15. The molecule has 0 fully saturated rings. The van der Waals surface area contributed by atoms with Gasteiger partial charge >= 0.3 is 17.9 Å². The van der Waals surface area contributed by atoms with Crippen molar-refractivity contribution in [1.29, 1.82) is 0 Å². The molecule has 0 aromatic heterocycles. The van der Waals surface area contributed by atoms with E-state index < -0.39 is 188 Å². The molecule has 0 saturated carbocycles. The van der Waals surface area contributed by atoms with E-state index in [1.807, 2.05) is 5.32 Å². The standard InChI is InChI=1S/C48H82N12O17/c1-11-24(9)38(46(74)58-27(15-21(3)4)40(68)52-20-34(63)53-29(17-32(49)61)42(70)54-26(48(76)77)13-14-35(64)65)60-47(75)39(25(10)12-2)59-44(72)30(18-33(50)62)55-43(71)31(19-36(66)67)56-41(69)28(16-22(5)6)57-45(73)37(51)23(7)8/h21-31,37-39H,11-20,51H2,1-10H3,(H2,49,61)(H2,50,62)(H,52,68)(H,53,63)(H,54,70)(H,55,71)(H,56,69)(H,57,73)(H,58,74)(H,59,72)(H,60,75)(H,64,65)(H,66,67)(H,76,77)/t24-,25-,26-,27-,28-,29-,30-,31-,37-,38-,39-/m0/s1. The monoisotopic (exact) mass is 1100 g/mol. The molecule has 0 heterocycles. The molecule has 0 spiro atoms. The molecule has 0 rings (SSSR count). The molecule has 0 radical (unpaired) electrons. The Hall–Kier alpha value is -7.46. The normalized spacial score (nSPS) is 15.5. The first-order valence-electron chi connectivity index (χ1n) is 25.3. The minimum Gasteiger partial charge on any atom is -0.481 e. The highest BCUT2D eigenvalue weighted by Gasteiger charge is 2.38. The van der Waals surface area contributed by atoms with Gasteiger partial charge in [0.15, 0.2) is 0 Å². The smallest absolute Gasteiger partial charge is 0.326 e. The zero-order chi connectivity index (χ0) is 59.6. The molecule has 0 bridgehead atoms. The molecule has 0 aliphatic rings. The Morgan fingerprint density at radius 2 is 0.792 bits per heavy atom.